The van der Waals surface area contributed by atoms with Crippen LogP contribution in [0.3, 0.4) is 0 Å². The molecule has 114 valence electrons. The van der Waals surface area contributed by atoms with Crippen LogP contribution in [-0.2, 0) is 4.79 Å². The van der Waals surface area contributed by atoms with Crippen LogP contribution >= 0.6 is 0 Å². The molecule has 0 fully saturated rings. The topological polar surface area (TPSA) is 32.3 Å². The summed E-state index contributed by atoms with van der Waals surface area (Å²) >= 11 is 0. The summed E-state index contributed by atoms with van der Waals surface area (Å²) in [6, 6.07) is 0. The van der Waals surface area contributed by atoms with E-state index < -0.39 is 0 Å². The van der Waals surface area contributed by atoms with E-state index in [1.165, 1.54) is 6.08 Å². The number of carbonyl (C=O) groups excluding carboxylic acids is 1. The van der Waals surface area contributed by atoms with E-state index in [1.807, 2.05) is 49.7 Å². The van der Waals surface area contributed by atoms with E-state index in [9.17, 15) is 4.79 Å². The Morgan fingerprint density at radius 2 is 1.76 bits per heavy atom. The van der Waals surface area contributed by atoms with Crippen LogP contribution in [0.1, 0.15) is 19.8 Å². The summed E-state index contributed by atoms with van der Waals surface area (Å²) in [6.07, 6.45) is 24.4. The van der Waals surface area contributed by atoms with Crippen LogP contribution in [0.5, 0.6) is 0 Å². The molecule has 0 atom stereocenters. The number of hydrogen-bond donors (Lipinski definition) is 1. The van der Waals surface area contributed by atoms with Crippen molar-refractivity contribution in [2.75, 3.05) is 14.1 Å². The summed E-state index contributed by atoms with van der Waals surface area (Å²) in [7, 11) is 3.57. The predicted octanol–water partition coefficient (Wildman–Crippen LogP) is 3.72. The van der Waals surface area contributed by atoms with Gasteiger partial charge >= 0.3 is 0 Å². The average Bonchev–Trinajstić information content (AvgIpc) is 2.49. The number of amides is 1. The van der Waals surface area contributed by atoms with E-state index in [2.05, 4.69) is 24.4 Å². The molecular formula is C18H26N2O. The van der Waals surface area contributed by atoms with Crippen LogP contribution in [0.2, 0.25) is 0 Å². The summed E-state index contributed by atoms with van der Waals surface area (Å²) in [6.45, 7) is 2.11. The lowest BCUT2D eigenvalue weighted by atomic mass is 10.3. The van der Waals surface area contributed by atoms with Crippen molar-refractivity contribution < 1.29 is 4.79 Å². The van der Waals surface area contributed by atoms with Gasteiger partial charge in [-0.2, -0.15) is 0 Å². The molecule has 21 heavy (non-hydrogen) atoms. The monoisotopic (exact) mass is 286 g/mol. The lowest BCUT2D eigenvalue weighted by Gasteiger charge is -2.07. The third-order valence-corrected chi connectivity index (χ3v) is 2.41. The second-order valence-corrected chi connectivity index (χ2v) is 4.23. The molecular weight excluding hydrogens is 260 g/mol. The van der Waals surface area contributed by atoms with Gasteiger partial charge in [0.15, 0.2) is 0 Å². The van der Waals surface area contributed by atoms with Crippen LogP contribution < -0.4 is 5.32 Å². The van der Waals surface area contributed by atoms with Crippen LogP contribution in [0.15, 0.2) is 73.2 Å². The Morgan fingerprint density at radius 1 is 1.00 bits per heavy atom. The van der Waals surface area contributed by atoms with Gasteiger partial charge in [0.25, 0.3) is 0 Å². The van der Waals surface area contributed by atoms with Gasteiger partial charge in [-0.05, 0) is 31.2 Å². The highest BCUT2D eigenvalue weighted by atomic mass is 16.2. The lowest BCUT2D eigenvalue weighted by molar-refractivity contribution is -0.122. The molecule has 0 spiro atoms. The molecule has 0 unspecified atom stereocenters. The Kier molecular flexibility index (Phi) is 12.6. The Labute approximate surface area is 128 Å². The Bertz CT molecular complexity index is 440. The number of likely N-dealkylation sites (N-methyl/N-ethyl adjacent to an activating group) is 1. The van der Waals surface area contributed by atoms with Gasteiger partial charge < -0.3 is 10.2 Å². The molecule has 0 heterocycles. The first kappa shape index (κ1) is 18.7. The molecule has 0 aromatic heterocycles. The summed E-state index contributed by atoms with van der Waals surface area (Å²) in [5.74, 6) is -0.0622. The number of allylic oxidation sites excluding steroid dienone is 9. The van der Waals surface area contributed by atoms with Crippen LogP contribution in [-0.4, -0.2) is 24.9 Å². The minimum Gasteiger partial charge on any atom is -0.394 e. The summed E-state index contributed by atoms with van der Waals surface area (Å²) in [4.78, 5) is 13.3. The summed E-state index contributed by atoms with van der Waals surface area (Å²) in [5, 5.41) is 2.88. The van der Waals surface area contributed by atoms with Gasteiger partial charge in [-0.3, -0.25) is 4.79 Å². The zero-order valence-electron chi connectivity index (χ0n) is 13.2. The highest BCUT2D eigenvalue weighted by Gasteiger charge is 1.97. The normalized spacial score (nSPS) is 12.9. The fraction of sp³-hybridized carbons (Fsp3) is 0.278. The van der Waals surface area contributed by atoms with Crippen molar-refractivity contribution >= 4 is 5.91 Å². The van der Waals surface area contributed by atoms with Gasteiger partial charge in [-0.15, -0.1) is 0 Å². The Morgan fingerprint density at radius 3 is 2.48 bits per heavy atom. The molecule has 0 radical (unpaired) electrons. The first-order valence-electron chi connectivity index (χ1n) is 7.14. The van der Waals surface area contributed by atoms with E-state index in [1.54, 1.807) is 24.2 Å². The fourth-order valence-electron chi connectivity index (χ4n) is 1.29. The SMILES string of the molecule is CCC=CCC=CC=CN(C)C(=O)C=CC=CC=CNC. The molecule has 0 aromatic carbocycles. The molecule has 0 saturated heterocycles. The molecule has 0 aliphatic rings. The molecule has 0 saturated carbocycles. The van der Waals surface area contributed by atoms with E-state index in [-0.39, 0.29) is 5.91 Å². The van der Waals surface area contributed by atoms with Crippen molar-refractivity contribution in [3.05, 3.63) is 73.2 Å². The summed E-state index contributed by atoms with van der Waals surface area (Å²) < 4.78 is 0. The standard InChI is InChI=1S/C18H26N2O/c1-4-5-6-7-8-11-14-17-20(3)18(21)15-12-9-10-13-16-19-2/h5-6,8-17,19H,4,7H2,1-3H3. The number of nitrogens with one attached hydrogen (secondary N) is 1. The number of hydrogen-bond acceptors (Lipinski definition) is 2. The Balaban J connectivity index is 4.09. The smallest absolute Gasteiger partial charge is 0.250 e. The van der Waals surface area contributed by atoms with Crippen LogP contribution in [0.25, 0.3) is 0 Å². The number of nitrogens with zero attached hydrogens (tertiary/aromatic N) is 1. The largest absolute Gasteiger partial charge is 0.394 e. The third kappa shape index (κ3) is 12.5. The maximum atomic E-state index is 11.7. The molecule has 0 aromatic rings. The molecule has 0 aliphatic heterocycles. The fourth-order valence-corrected chi connectivity index (χ4v) is 1.29. The van der Waals surface area contributed by atoms with E-state index >= 15 is 0 Å². The molecule has 3 heteroatoms. The first-order valence-corrected chi connectivity index (χ1v) is 7.14. The maximum absolute atomic E-state index is 11.7. The second-order valence-electron chi connectivity index (χ2n) is 4.23. The summed E-state index contributed by atoms with van der Waals surface area (Å²) in [5.41, 5.74) is 0. The van der Waals surface area contributed by atoms with Crippen LogP contribution in [0, 0.1) is 0 Å². The van der Waals surface area contributed by atoms with Crippen molar-refractivity contribution in [1.29, 1.82) is 0 Å². The highest BCUT2D eigenvalue weighted by molar-refractivity contribution is 5.88. The van der Waals surface area contributed by atoms with Crippen LogP contribution in [0.4, 0.5) is 0 Å². The second kappa shape index (κ2) is 14.1. The highest BCUT2D eigenvalue weighted by Crippen LogP contribution is 1.93. The van der Waals surface area contributed by atoms with E-state index in [4.69, 9.17) is 0 Å². The maximum Gasteiger partial charge on any atom is 0.250 e. The van der Waals surface area contributed by atoms with E-state index in [0.717, 1.165) is 12.8 Å². The molecule has 0 rings (SSSR count). The molecule has 0 aliphatic carbocycles. The Hall–Kier alpha value is -2.29. The predicted molar refractivity (Wildman–Crippen MR) is 91.6 cm³/mol. The number of rotatable bonds is 9. The molecule has 1 N–H and O–H groups in total. The quantitative estimate of drug-likeness (QED) is 0.398. The molecule has 3 nitrogen and oxygen atoms in total. The minimum absolute atomic E-state index is 0.0622. The lowest BCUT2D eigenvalue weighted by Crippen LogP contribution is -2.17. The van der Waals surface area contributed by atoms with Gasteiger partial charge in [-0.25, -0.2) is 0 Å². The van der Waals surface area contributed by atoms with Crippen molar-refractivity contribution in [3.63, 3.8) is 0 Å². The van der Waals surface area contributed by atoms with Crippen molar-refractivity contribution in [1.82, 2.24) is 10.2 Å². The third-order valence-electron chi connectivity index (χ3n) is 2.41. The van der Waals surface area contributed by atoms with Crippen molar-refractivity contribution in [3.8, 4) is 0 Å². The minimum atomic E-state index is -0.0622. The first-order chi connectivity index (χ1) is 10.2. The average molecular weight is 286 g/mol. The number of carbonyl (C=O) groups is 1. The van der Waals surface area contributed by atoms with Crippen molar-refractivity contribution in [2.45, 2.75) is 19.8 Å². The van der Waals surface area contributed by atoms with Crippen molar-refractivity contribution in [2.24, 2.45) is 0 Å². The molecule has 1 amide bonds. The van der Waals surface area contributed by atoms with Gasteiger partial charge in [0.05, 0.1) is 0 Å². The van der Waals surface area contributed by atoms with Gasteiger partial charge in [-0.1, -0.05) is 49.5 Å². The zero-order valence-corrected chi connectivity index (χ0v) is 13.2. The van der Waals surface area contributed by atoms with Gasteiger partial charge in [0, 0.05) is 26.4 Å². The zero-order chi connectivity index (χ0) is 15.8. The molecule has 0 bridgehead atoms. The van der Waals surface area contributed by atoms with Gasteiger partial charge in [0.2, 0.25) is 5.91 Å². The van der Waals surface area contributed by atoms with E-state index in [0.29, 0.717) is 0 Å². The van der Waals surface area contributed by atoms with Gasteiger partial charge in [0.1, 0.15) is 0 Å².